The Kier molecular flexibility index (Phi) is 6.62. The highest BCUT2D eigenvalue weighted by Gasteiger charge is 2.20. The van der Waals surface area contributed by atoms with Gasteiger partial charge in [0.05, 0.1) is 0 Å². The van der Waals surface area contributed by atoms with Crippen LogP contribution in [0.3, 0.4) is 0 Å². The molecule has 1 aliphatic rings. The Morgan fingerprint density at radius 2 is 1.93 bits per heavy atom. The highest BCUT2D eigenvalue weighted by atomic mass is 16.5. The summed E-state index contributed by atoms with van der Waals surface area (Å²) in [5.41, 5.74) is 0.723. The largest absolute Gasteiger partial charge is 0.491 e. The van der Waals surface area contributed by atoms with Crippen LogP contribution in [0.1, 0.15) is 6.92 Å². The van der Waals surface area contributed by atoms with Crippen molar-refractivity contribution in [3.8, 4) is 5.75 Å². The van der Waals surface area contributed by atoms with Gasteiger partial charge >= 0.3 is 0 Å². The van der Waals surface area contributed by atoms with Crippen LogP contribution in [0.2, 0.25) is 0 Å². The van der Waals surface area contributed by atoms with E-state index < -0.39 is 6.10 Å². The van der Waals surface area contributed by atoms with Crippen molar-refractivity contribution in [3.63, 3.8) is 0 Å². The fraction of sp³-hybridized carbons (Fsp3) is 0.400. The fourth-order valence-electron chi connectivity index (χ4n) is 3.08. The van der Waals surface area contributed by atoms with Gasteiger partial charge in [0.25, 0.3) is 0 Å². The number of rotatable bonds is 7. The third kappa shape index (κ3) is 5.94. The summed E-state index contributed by atoms with van der Waals surface area (Å²) in [7, 11) is 0. The first-order valence-electron chi connectivity index (χ1n) is 9.17. The molecule has 3 rings (SSSR count). The van der Waals surface area contributed by atoms with Gasteiger partial charge in [0.15, 0.2) is 0 Å². The van der Waals surface area contributed by atoms with Crippen molar-refractivity contribution in [2.45, 2.75) is 13.0 Å². The number of nitrogens with zero attached hydrogens (tertiary/aromatic N) is 3. The van der Waals surface area contributed by atoms with E-state index in [4.69, 9.17) is 4.74 Å². The molecule has 1 aliphatic heterocycles. The van der Waals surface area contributed by atoms with Gasteiger partial charge in [0, 0.05) is 51.5 Å². The molecule has 1 saturated heterocycles. The topological polar surface area (TPSA) is 77.9 Å². The third-order valence-corrected chi connectivity index (χ3v) is 4.43. The minimum absolute atomic E-state index is 0.109. The van der Waals surface area contributed by atoms with Crippen LogP contribution in [0.5, 0.6) is 5.75 Å². The van der Waals surface area contributed by atoms with Crippen LogP contribution in [-0.2, 0) is 4.79 Å². The molecule has 144 valence electrons. The number of amides is 1. The van der Waals surface area contributed by atoms with E-state index in [0.717, 1.165) is 37.7 Å². The lowest BCUT2D eigenvalue weighted by atomic mass is 10.2. The third-order valence-electron chi connectivity index (χ3n) is 4.43. The van der Waals surface area contributed by atoms with Gasteiger partial charge in [-0.25, -0.2) is 4.98 Å². The summed E-state index contributed by atoms with van der Waals surface area (Å²) in [6, 6.07) is 13.1. The number of ether oxygens (including phenoxy) is 1. The Morgan fingerprint density at radius 3 is 2.56 bits per heavy atom. The normalized spacial score (nSPS) is 16.0. The first kappa shape index (κ1) is 19.1. The molecule has 0 aliphatic carbocycles. The molecule has 0 radical (unpaired) electrons. The van der Waals surface area contributed by atoms with Crippen LogP contribution in [0.15, 0.2) is 48.7 Å². The van der Waals surface area contributed by atoms with Crippen molar-refractivity contribution >= 4 is 17.4 Å². The van der Waals surface area contributed by atoms with Gasteiger partial charge in [-0.05, 0) is 36.4 Å². The van der Waals surface area contributed by atoms with Gasteiger partial charge in [0.1, 0.15) is 24.3 Å². The highest BCUT2D eigenvalue weighted by molar-refractivity contribution is 5.88. The molecule has 1 amide bonds. The molecule has 1 aromatic heterocycles. The maximum absolute atomic E-state index is 11.0. The smallest absolute Gasteiger partial charge is 0.221 e. The minimum atomic E-state index is -0.554. The molecule has 2 aromatic rings. The highest BCUT2D eigenvalue weighted by Crippen LogP contribution is 2.16. The second kappa shape index (κ2) is 9.34. The van der Waals surface area contributed by atoms with E-state index >= 15 is 0 Å². The molecule has 0 bridgehead atoms. The summed E-state index contributed by atoms with van der Waals surface area (Å²) >= 11 is 0. The molecule has 0 unspecified atom stereocenters. The molecule has 7 nitrogen and oxygen atoms in total. The van der Waals surface area contributed by atoms with Crippen LogP contribution in [0, 0.1) is 0 Å². The Hall–Kier alpha value is -2.64. The number of β-amino-alcohol motifs (C(OH)–C–C–N with tert-alkyl or cyclic N) is 1. The molecule has 7 heteroatoms. The molecule has 2 heterocycles. The molecule has 2 N–H and O–H groups in total. The second-order valence-electron chi connectivity index (χ2n) is 6.65. The quantitative estimate of drug-likeness (QED) is 0.771. The molecule has 0 saturated carbocycles. The van der Waals surface area contributed by atoms with Crippen molar-refractivity contribution in [2.24, 2.45) is 0 Å². The summed E-state index contributed by atoms with van der Waals surface area (Å²) in [6.07, 6.45) is 1.26. The van der Waals surface area contributed by atoms with Crippen LogP contribution in [0.25, 0.3) is 0 Å². The molecular formula is C20H26N4O3. The lowest BCUT2D eigenvalue weighted by Crippen LogP contribution is -2.49. The Bertz CT molecular complexity index is 716. The molecule has 27 heavy (non-hydrogen) atoms. The van der Waals surface area contributed by atoms with Gasteiger partial charge in [-0.3, -0.25) is 9.69 Å². The van der Waals surface area contributed by atoms with E-state index in [9.17, 15) is 9.90 Å². The standard InChI is InChI=1S/C20H26N4O3/c1-16(25)22-17-5-7-19(8-6-17)27-15-18(26)14-23-10-12-24(13-11-23)20-4-2-3-9-21-20/h2-9,18,26H,10-15H2,1H3,(H,22,25)/t18-/m1/s1. The maximum Gasteiger partial charge on any atom is 0.221 e. The number of hydrogen-bond donors (Lipinski definition) is 2. The van der Waals surface area contributed by atoms with Gasteiger partial charge in [-0.1, -0.05) is 6.07 Å². The summed E-state index contributed by atoms with van der Waals surface area (Å²) in [5.74, 6) is 1.56. The van der Waals surface area contributed by atoms with E-state index in [2.05, 4.69) is 20.1 Å². The van der Waals surface area contributed by atoms with E-state index in [0.29, 0.717) is 12.3 Å². The monoisotopic (exact) mass is 370 g/mol. The molecule has 1 atom stereocenters. The van der Waals surface area contributed by atoms with Crippen molar-refractivity contribution < 1.29 is 14.6 Å². The Balaban J connectivity index is 1.38. The van der Waals surface area contributed by atoms with E-state index in [1.165, 1.54) is 6.92 Å². The van der Waals surface area contributed by atoms with E-state index in [1.807, 2.05) is 24.4 Å². The summed E-state index contributed by atoms with van der Waals surface area (Å²) < 4.78 is 5.65. The fourth-order valence-corrected chi connectivity index (χ4v) is 3.08. The van der Waals surface area contributed by atoms with Gasteiger partial charge < -0.3 is 20.1 Å². The number of benzene rings is 1. The number of carbonyl (C=O) groups is 1. The number of pyridine rings is 1. The first-order valence-corrected chi connectivity index (χ1v) is 9.17. The first-order chi connectivity index (χ1) is 13.1. The second-order valence-corrected chi connectivity index (χ2v) is 6.65. The van der Waals surface area contributed by atoms with Crippen molar-refractivity contribution in [3.05, 3.63) is 48.7 Å². The van der Waals surface area contributed by atoms with Crippen LogP contribution >= 0.6 is 0 Å². The Morgan fingerprint density at radius 1 is 1.19 bits per heavy atom. The Labute approximate surface area is 159 Å². The zero-order valence-electron chi connectivity index (χ0n) is 15.5. The number of anilines is 2. The maximum atomic E-state index is 11.0. The predicted octanol–water partition coefficient (Wildman–Crippen LogP) is 1.60. The van der Waals surface area contributed by atoms with Crippen molar-refractivity contribution in [2.75, 3.05) is 49.5 Å². The zero-order chi connectivity index (χ0) is 19.1. The average molecular weight is 370 g/mol. The predicted molar refractivity (Wildman–Crippen MR) is 105 cm³/mol. The number of aliphatic hydroxyl groups is 1. The lowest BCUT2D eigenvalue weighted by molar-refractivity contribution is -0.114. The number of piperazine rings is 1. The van der Waals surface area contributed by atoms with Gasteiger partial charge in [-0.2, -0.15) is 0 Å². The number of carbonyl (C=O) groups excluding carboxylic acids is 1. The van der Waals surface area contributed by atoms with Crippen LogP contribution < -0.4 is 15.0 Å². The average Bonchev–Trinajstić information content (AvgIpc) is 2.68. The molecular weight excluding hydrogens is 344 g/mol. The van der Waals surface area contributed by atoms with Crippen molar-refractivity contribution in [1.29, 1.82) is 0 Å². The zero-order valence-corrected chi connectivity index (χ0v) is 15.5. The van der Waals surface area contributed by atoms with Crippen molar-refractivity contribution in [1.82, 2.24) is 9.88 Å². The number of hydrogen-bond acceptors (Lipinski definition) is 6. The minimum Gasteiger partial charge on any atom is -0.491 e. The van der Waals surface area contributed by atoms with Crippen LogP contribution in [-0.4, -0.2) is 66.3 Å². The summed E-state index contributed by atoms with van der Waals surface area (Å²) in [5, 5.41) is 13.0. The van der Waals surface area contributed by atoms with Crippen LogP contribution in [0.4, 0.5) is 11.5 Å². The van der Waals surface area contributed by atoms with E-state index in [-0.39, 0.29) is 12.5 Å². The number of aromatic nitrogens is 1. The number of aliphatic hydroxyl groups excluding tert-OH is 1. The van der Waals surface area contributed by atoms with Gasteiger partial charge in [-0.15, -0.1) is 0 Å². The molecule has 0 spiro atoms. The van der Waals surface area contributed by atoms with Gasteiger partial charge in [0.2, 0.25) is 5.91 Å². The SMILES string of the molecule is CC(=O)Nc1ccc(OC[C@H](O)CN2CCN(c3ccccn3)CC2)cc1. The summed E-state index contributed by atoms with van der Waals surface area (Å²) in [4.78, 5) is 19.9. The lowest BCUT2D eigenvalue weighted by Gasteiger charge is -2.36. The summed E-state index contributed by atoms with van der Waals surface area (Å²) in [6.45, 7) is 5.86. The molecule has 1 fully saturated rings. The number of nitrogens with one attached hydrogen (secondary N) is 1. The molecule has 1 aromatic carbocycles. The van der Waals surface area contributed by atoms with E-state index in [1.54, 1.807) is 24.3 Å².